The summed E-state index contributed by atoms with van der Waals surface area (Å²) in [5.74, 6) is 1.44. The molecular weight excluding hydrogens is 304 g/mol. The predicted octanol–water partition coefficient (Wildman–Crippen LogP) is 3.10. The maximum absolute atomic E-state index is 11.9. The van der Waals surface area contributed by atoms with E-state index < -0.39 is 0 Å². The number of hydrogen-bond donors (Lipinski definition) is 2. The average Bonchev–Trinajstić information content (AvgIpc) is 3.05. The Hall–Kier alpha value is -2.41. The molecule has 6 nitrogen and oxygen atoms in total. The Kier molecular flexibility index (Phi) is 5.48. The van der Waals surface area contributed by atoms with Crippen LogP contribution in [0.1, 0.15) is 5.56 Å². The van der Waals surface area contributed by atoms with Crippen LogP contribution in [0.15, 0.2) is 29.0 Å². The summed E-state index contributed by atoms with van der Waals surface area (Å²) in [5.41, 5.74) is 1.61. The third-order valence-corrected chi connectivity index (χ3v) is 3.69. The molecule has 2 rings (SSSR count). The number of carbonyl (C=O) groups is 1. The van der Waals surface area contributed by atoms with Gasteiger partial charge in [-0.2, -0.15) is 11.3 Å². The third kappa shape index (κ3) is 3.82. The second-order valence-electron chi connectivity index (χ2n) is 4.35. The molecule has 1 aromatic heterocycles. The van der Waals surface area contributed by atoms with Crippen LogP contribution in [0, 0.1) is 0 Å². The molecule has 0 saturated heterocycles. The van der Waals surface area contributed by atoms with Crippen LogP contribution in [-0.4, -0.2) is 27.4 Å². The first-order valence-corrected chi connectivity index (χ1v) is 7.48. The van der Waals surface area contributed by atoms with Gasteiger partial charge in [-0.05, 0) is 22.4 Å². The highest BCUT2D eigenvalue weighted by Gasteiger charge is 2.14. The second-order valence-corrected chi connectivity index (χ2v) is 5.13. The van der Waals surface area contributed by atoms with Gasteiger partial charge in [0.05, 0.1) is 27.0 Å². The lowest BCUT2D eigenvalue weighted by Crippen LogP contribution is -2.28. The van der Waals surface area contributed by atoms with Gasteiger partial charge in [-0.25, -0.2) is 4.79 Å². The molecule has 22 heavy (non-hydrogen) atoms. The Bertz CT molecular complexity index is 603. The number of urea groups is 1. The molecule has 0 aliphatic rings. The summed E-state index contributed by atoms with van der Waals surface area (Å²) < 4.78 is 15.7. The highest BCUT2D eigenvalue weighted by Crippen LogP contribution is 2.39. The highest BCUT2D eigenvalue weighted by atomic mass is 32.1. The van der Waals surface area contributed by atoms with Crippen molar-refractivity contribution in [1.29, 1.82) is 0 Å². The van der Waals surface area contributed by atoms with E-state index in [1.807, 2.05) is 16.8 Å². The number of benzene rings is 1. The zero-order valence-electron chi connectivity index (χ0n) is 12.6. The summed E-state index contributed by atoms with van der Waals surface area (Å²) in [5, 5.41) is 9.48. The van der Waals surface area contributed by atoms with E-state index >= 15 is 0 Å². The molecule has 1 aromatic carbocycles. The molecule has 0 aliphatic heterocycles. The highest BCUT2D eigenvalue weighted by molar-refractivity contribution is 7.07. The van der Waals surface area contributed by atoms with Gasteiger partial charge in [0.25, 0.3) is 0 Å². The van der Waals surface area contributed by atoms with Crippen molar-refractivity contribution in [2.45, 2.75) is 6.54 Å². The molecule has 2 N–H and O–H groups in total. The van der Waals surface area contributed by atoms with Crippen LogP contribution in [0.25, 0.3) is 0 Å². The molecule has 2 amide bonds. The lowest BCUT2D eigenvalue weighted by molar-refractivity contribution is 0.251. The van der Waals surface area contributed by atoms with Crippen molar-refractivity contribution in [2.75, 3.05) is 26.6 Å². The monoisotopic (exact) mass is 322 g/mol. The van der Waals surface area contributed by atoms with Crippen LogP contribution in [0.2, 0.25) is 0 Å². The Labute approximate surface area is 133 Å². The predicted molar refractivity (Wildman–Crippen MR) is 86.3 cm³/mol. The summed E-state index contributed by atoms with van der Waals surface area (Å²) in [7, 11) is 4.58. The van der Waals surface area contributed by atoms with Gasteiger partial charge in [-0.1, -0.05) is 0 Å². The molecule has 1 heterocycles. The van der Waals surface area contributed by atoms with E-state index in [9.17, 15) is 4.79 Å². The number of nitrogens with one attached hydrogen (secondary N) is 2. The van der Waals surface area contributed by atoms with Gasteiger partial charge in [0, 0.05) is 18.7 Å². The molecule has 0 atom stereocenters. The zero-order valence-corrected chi connectivity index (χ0v) is 13.5. The Balaban J connectivity index is 2.06. The van der Waals surface area contributed by atoms with E-state index in [1.54, 1.807) is 23.5 Å². The minimum Gasteiger partial charge on any atom is -0.493 e. The van der Waals surface area contributed by atoms with Crippen LogP contribution >= 0.6 is 11.3 Å². The minimum atomic E-state index is -0.305. The van der Waals surface area contributed by atoms with Gasteiger partial charge in [0.1, 0.15) is 0 Å². The smallest absolute Gasteiger partial charge is 0.319 e. The van der Waals surface area contributed by atoms with Crippen molar-refractivity contribution in [1.82, 2.24) is 5.32 Å². The fraction of sp³-hybridized carbons (Fsp3) is 0.267. The van der Waals surface area contributed by atoms with Gasteiger partial charge in [0.15, 0.2) is 11.5 Å². The van der Waals surface area contributed by atoms with Crippen LogP contribution < -0.4 is 24.8 Å². The van der Waals surface area contributed by atoms with E-state index in [1.165, 1.54) is 21.3 Å². The zero-order chi connectivity index (χ0) is 15.9. The Morgan fingerprint density at radius 3 is 2.32 bits per heavy atom. The van der Waals surface area contributed by atoms with Crippen LogP contribution in [0.5, 0.6) is 17.2 Å². The van der Waals surface area contributed by atoms with Crippen LogP contribution in [0.3, 0.4) is 0 Å². The summed E-state index contributed by atoms with van der Waals surface area (Å²) in [4.78, 5) is 11.9. The molecule has 0 saturated carbocycles. The molecule has 0 radical (unpaired) electrons. The van der Waals surface area contributed by atoms with E-state index in [-0.39, 0.29) is 6.03 Å². The summed E-state index contributed by atoms with van der Waals surface area (Å²) in [6, 6.07) is 5.00. The van der Waals surface area contributed by atoms with Gasteiger partial charge in [-0.3, -0.25) is 0 Å². The van der Waals surface area contributed by atoms with Crippen molar-refractivity contribution >= 4 is 23.1 Å². The number of thiophene rings is 1. The Morgan fingerprint density at radius 1 is 1.14 bits per heavy atom. The first-order valence-electron chi connectivity index (χ1n) is 6.54. The van der Waals surface area contributed by atoms with Crippen molar-refractivity contribution in [3.8, 4) is 17.2 Å². The molecule has 0 bridgehead atoms. The lowest BCUT2D eigenvalue weighted by atomic mass is 10.2. The Morgan fingerprint density at radius 2 is 1.82 bits per heavy atom. The number of anilines is 1. The second kappa shape index (κ2) is 7.56. The summed E-state index contributed by atoms with van der Waals surface area (Å²) in [6.07, 6.45) is 0. The lowest BCUT2D eigenvalue weighted by Gasteiger charge is -2.14. The van der Waals surface area contributed by atoms with Crippen molar-refractivity contribution < 1.29 is 19.0 Å². The van der Waals surface area contributed by atoms with E-state index in [0.29, 0.717) is 29.5 Å². The van der Waals surface area contributed by atoms with Crippen LogP contribution in [0.4, 0.5) is 10.5 Å². The summed E-state index contributed by atoms with van der Waals surface area (Å²) >= 11 is 1.59. The maximum Gasteiger partial charge on any atom is 0.319 e. The van der Waals surface area contributed by atoms with Gasteiger partial charge in [-0.15, -0.1) is 0 Å². The van der Waals surface area contributed by atoms with E-state index in [2.05, 4.69) is 10.6 Å². The van der Waals surface area contributed by atoms with E-state index in [4.69, 9.17) is 14.2 Å². The molecule has 2 aromatic rings. The minimum absolute atomic E-state index is 0.305. The third-order valence-electron chi connectivity index (χ3n) is 2.96. The number of hydrogen-bond acceptors (Lipinski definition) is 5. The number of carbonyl (C=O) groups excluding carboxylic acids is 1. The van der Waals surface area contributed by atoms with Gasteiger partial charge >= 0.3 is 6.03 Å². The topological polar surface area (TPSA) is 68.8 Å². The number of rotatable bonds is 6. The van der Waals surface area contributed by atoms with Gasteiger partial charge in [0.2, 0.25) is 5.75 Å². The molecule has 0 spiro atoms. The van der Waals surface area contributed by atoms with E-state index in [0.717, 1.165) is 5.56 Å². The number of amides is 2. The number of ether oxygens (including phenoxy) is 3. The maximum atomic E-state index is 11.9. The first kappa shape index (κ1) is 16.0. The molecule has 0 aliphatic carbocycles. The fourth-order valence-electron chi connectivity index (χ4n) is 1.90. The van der Waals surface area contributed by atoms with Crippen molar-refractivity contribution in [3.63, 3.8) is 0 Å². The van der Waals surface area contributed by atoms with Crippen molar-refractivity contribution in [2.24, 2.45) is 0 Å². The average molecular weight is 322 g/mol. The molecule has 7 heteroatoms. The van der Waals surface area contributed by atoms with Crippen LogP contribution in [-0.2, 0) is 6.54 Å². The quantitative estimate of drug-likeness (QED) is 0.857. The van der Waals surface area contributed by atoms with Crippen molar-refractivity contribution in [3.05, 3.63) is 34.5 Å². The number of methoxy groups -OCH3 is 3. The summed E-state index contributed by atoms with van der Waals surface area (Å²) in [6.45, 7) is 0.472. The molecule has 118 valence electrons. The SMILES string of the molecule is COc1cc(NC(=O)NCc2ccsc2)cc(OC)c1OC. The largest absolute Gasteiger partial charge is 0.493 e. The standard InChI is InChI=1S/C15H18N2O4S/c1-19-12-6-11(7-13(20-2)14(12)21-3)17-15(18)16-8-10-4-5-22-9-10/h4-7,9H,8H2,1-3H3,(H2,16,17,18). The molecule has 0 unspecified atom stereocenters. The first-order chi connectivity index (χ1) is 10.7. The van der Waals surface area contributed by atoms with Gasteiger partial charge < -0.3 is 24.8 Å². The fourth-order valence-corrected chi connectivity index (χ4v) is 2.57. The normalized spacial score (nSPS) is 9.95. The molecular formula is C15H18N2O4S. The molecule has 0 fully saturated rings.